The second-order valence-corrected chi connectivity index (χ2v) is 6.39. The molecular weight excluding hydrogens is 268 g/mol. The van der Waals surface area contributed by atoms with Gasteiger partial charge in [-0.25, -0.2) is 9.97 Å². The standard InChI is InChI=1S/C15H18N4S/c1-10(2)19-9-16-7-13(19)8-17-12-4-5-14-15(6-12)20-11(3)18-14/h4-7,9-10,17H,8H2,1-3H3. The van der Waals surface area contributed by atoms with Crippen LogP contribution in [-0.2, 0) is 6.54 Å². The van der Waals surface area contributed by atoms with E-state index in [1.165, 1.54) is 10.4 Å². The third-order valence-corrected chi connectivity index (χ3v) is 4.21. The van der Waals surface area contributed by atoms with Gasteiger partial charge < -0.3 is 9.88 Å². The van der Waals surface area contributed by atoms with Crippen molar-refractivity contribution in [3.63, 3.8) is 0 Å². The molecule has 0 saturated heterocycles. The first-order valence-corrected chi connectivity index (χ1v) is 7.57. The first kappa shape index (κ1) is 13.1. The summed E-state index contributed by atoms with van der Waals surface area (Å²) in [5, 5.41) is 4.57. The first-order chi connectivity index (χ1) is 9.63. The Morgan fingerprint density at radius 2 is 2.20 bits per heavy atom. The molecule has 0 atom stereocenters. The minimum atomic E-state index is 0.431. The molecule has 2 aromatic heterocycles. The molecule has 20 heavy (non-hydrogen) atoms. The van der Waals surface area contributed by atoms with Gasteiger partial charge >= 0.3 is 0 Å². The second kappa shape index (κ2) is 5.25. The van der Waals surface area contributed by atoms with Gasteiger partial charge in [0.1, 0.15) is 0 Å². The van der Waals surface area contributed by atoms with Crippen molar-refractivity contribution in [3.8, 4) is 0 Å². The van der Waals surface area contributed by atoms with Crippen LogP contribution in [0.25, 0.3) is 10.2 Å². The number of rotatable bonds is 4. The summed E-state index contributed by atoms with van der Waals surface area (Å²) in [4.78, 5) is 8.70. The van der Waals surface area contributed by atoms with Crippen LogP contribution in [0.3, 0.4) is 0 Å². The zero-order chi connectivity index (χ0) is 14.1. The molecule has 3 rings (SSSR count). The van der Waals surface area contributed by atoms with E-state index in [0.717, 1.165) is 22.8 Å². The molecule has 3 aromatic rings. The van der Waals surface area contributed by atoms with Gasteiger partial charge in [0, 0.05) is 17.9 Å². The summed E-state index contributed by atoms with van der Waals surface area (Å²) in [6.45, 7) is 7.15. The molecule has 0 amide bonds. The number of hydrogen-bond donors (Lipinski definition) is 1. The van der Waals surface area contributed by atoms with Crippen LogP contribution in [0, 0.1) is 6.92 Å². The third kappa shape index (κ3) is 2.54. The van der Waals surface area contributed by atoms with Crippen molar-refractivity contribution in [1.29, 1.82) is 0 Å². The van der Waals surface area contributed by atoms with E-state index in [1.54, 1.807) is 11.3 Å². The Kier molecular flexibility index (Phi) is 3.44. The summed E-state index contributed by atoms with van der Waals surface area (Å²) in [5.41, 5.74) is 3.39. The van der Waals surface area contributed by atoms with E-state index in [4.69, 9.17) is 0 Å². The van der Waals surface area contributed by atoms with E-state index < -0.39 is 0 Å². The fourth-order valence-electron chi connectivity index (χ4n) is 2.28. The lowest BCUT2D eigenvalue weighted by atomic mass is 10.3. The maximum Gasteiger partial charge on any atom is 0.0951 e. The van der Waals surface area contributed by atoms with Crippen LogP contribution in [0.2, 0.25) is 0 Å². The van der Waals surface area contributed by atoms with Crippen molar-refractivity contribution in [3.05, 3.63) is 41.4 Å². The summed E-state index contributed by atoms with van der Waals surface area (Å²) in [5.74, 6) is 0. The summed E-state index contributed by atoms with van der Waals surface area (Å²) in [6, 6.07) is 6.75. The SMILES string of the molecule is Cc1nc2ccc(NCc3cncn3C(C)C)cc2s1. The largest absolute Gasteiger partial charge is 0.379 e. The van der Waals surface area contributed by atoms with E-state index in [1.807, 2.05) is 19.4 Å². The molecule has 0 aliphatic carbocycles. The van der Waals surface area contributed by atoms with Gasteiger partial charge in [-0.3, -0.25) is 0 Å². The number of aryl methyl sites for hydroxylation is 1. The summed E-state index contributed by atoms with van der Waals surface area (Å²) in [6.07, 6.45) is 3.81. The summed E-state index contributed by atoms with van der Waals surface area (Å²) in [7, 11) is 0. The Labute approximate surface area is 122 Å². The van der Waals surface area contributed by atoms with Crippen LogP contribution in [0.1, 0.15) is 30.6 Å². The molecule has 0 fully saturated rings. The average molecular weight is 286 g/mol. The lowest BCUT2D eigenvalue weighted by molar-refractivity contribution is 0.577. The van der Waals surface area contributed by atoms with Gasteiger partial charge in [0.2, 0.25) is 0 Å². The number of nitrogens with one attached hydrogen (secondary N) is 1. The highest BCUT2D eigenvalue weighted by molar-refractivity contribution is 7.18. The molecule has 2 heterocycles. The normalized spacial score (nSPS) is 11.4. The highest BCUT2D eigenvalue weighted by Gasteiger charge is 2.06. The quantitative estimate of drug-likeness (QED) is 0.788. The molecule has 0 aliphatic rings. The molecule has 104 valence electrons. The Morgan fingerprint density at radius 3 is 3.00 bits per heavy atom. The van der Waals surface area contributed by atoms with Crippen LogP contribution < -0.4 is 5.32 Å². The maximum atomic E-state index is 4.48. The smallest absolute Gasteiger partial charge is 0.0951 e. The van der Waals surface area contributed by atoms with E-state index in [-0.39, 0.29) is 0 Å². The number of thiazole rings is 1. The molecule has 1 N–H and O–H groups in total. The van der Waals surface area contributed by atoms with Crippen LogP contribution in [0.5, 0.6) is 0 Å². The van der Waals surface area contributed by atoms with Crippen LogP contribution in [0.4, 0.5) is 5.69 Å². The van der Waals surface area contributed by atoms with Crippen molar-refractivity contribution in [2.24, 2.45) is 0 Å². The predicted molar refractivity (Wildman–Crippen MR) is 84.3 cm³/mol. The monoisotopic (exact) mass is 286 g/mol. The Bertz CT molecular complexity index is 726. The van der Waals surface area contributed by atoms with Gasteiger partial charge in [0.15, 0.2) is 0 Å². The number of benzene rings is 1. The Hall–Kier alpha value is -1.88. The number of aromatic nitrogens is 3. The lowest BCUT2D eigenvalue weighted by Crippen LogP contribution is -2.08. The van der Waals surface area contributed by atoms with Crippen LogP contribution in [-0.4, -0.2) is 14.5 Å². The molecule has 5 heteroatoms. The molecule has 0 bridgehead atoms. The van der Waals surface area contributed by atoms with Crippen molar-refractivity contribution in [2.45, 2.75) is 33.4 Å². The van der Waals surface area contributed by atoms with Crippen LogP contribution in [0.15, 0.2) is 30.7 Å². The zero-order valence-electron chi connectivity index (χ0n) is 11.9. The van der Waals surface area contributed by atoms with E-state index in [0.29, 0.717) is 6.04 Å². The molecule has 0 radical (unpaired) electrons. The second-order valence-electron chi connectivity index (χ2n) is 5.15. The highest BCUT2D eigenvalue weighted by Crippen LogP contribution is 2.25. The number of anilines is 1. The molecule has 0 aliphatic heterocycles. The van der Waals surface area contributed by atoms with Crippen LogP contribution >= 0.6 is 11.3 Å². The molecule has 4 nitrogen and oxygen atoms in total. The number of nitrogens with zero attached hydrogens (tertiary/aromatic N) is 3. The minimum Gasteiger partial charge on any atom is -0.379 e. The highest BCUT2D eigenvalue weighted by atomic mass is 32.1. The third-order valence-electron chi connectivity index (χ3n) is 3.27. The number of fused-ring (bicyclic) bond motifs is 1. The molecular formula is C15H18N4S. The maximum absolute atomic E-state index is 4.48. The van der Waals surface area contributed by atoms with Gasteiger partial charge in [0.05, 0.1) is 33.8 Å². The van der Waals surface area contributed by atoms with Crippen molar-refractivity contribution >= 4 is 27.2 Å². The molecule has 0 spiro atoms. The van der Waals surface area contributed by atoms with Gasteiger partial charge in [0.25, 0.3) is 0 Å². The minimum absolute atomic E-state index is 0.431. The number of imidazole rings is 1. The van der Waals surface area contributed by atoms with E-state index >= 15 is 0 Å². The van der Waals surface area contributed by atoms with E-state index in [2.05, 4.69) is 51.9 Å². The molecule has 0 unspecified atom stereocenters. The van der Waals surface area contributed by atoms with Crippen molar-refractivity contribution in [2.75, 3.05) is 5.32 Å². The fraction of sp³-hybridized carbons (Fsp3) is 0.333. The lowest BCUT2D eigenvalue weighted by Gasteiger charge is -2.12. The topological polar surface area (TPSA) is 42.7 Å². The van der Waals surface area contributed by atoms with Gasteiger partial charge in [-0.2, -0.15) is 0 Å². The molecule has 0 saturated carbocycles. The zero-order valence-corrected chi connectivity index (χ0v) is 12.7. The first-order valence-electron chi connectivity index (χ1n) is 6.75. The van der Waals surface area contributed by atoms with Gasteiger partial charge in [-0.15, -0.1) is 11.3 Å². The fourth-order valence-corrected chi connectivity index (χ4v) is 3.14. The number of hydrogen-bond acceptors (Lipinski definition) is 4. The molecule has 1 aromatic carbocycles. The predicted octanol–water partition coefficient (Wildman–Crippen LogP) is 3.99. The van der Waals surface area contributed by atoms with E-state index in [9.17, 15) is 0 Å². The van der Waals surface area contributed by atoms with Gasteiger partial charge in [-0.05, 0) is 39.0 Å². The Morgan fingerprint density at radius 1 is 1.35 bits per heavy atom. The Balaban J connectivity index is 1.77. The van der Waals surface area contributed by atoms with Gasteiger partial charge in [-0.1, -0.05) is 0 Å². The summed E-state index contributed by atoms with van der Waals surface area (Å²) < 4.78 is 3.41. The van der Waals surface area contributed by atoms with Crippen molar-refractivity contribution in [1.82, 2.24) is 14.5 Å². The summed E-state index contributed by atoms with van der Waals surface area (Å²) >= 11 is 1.73. The average Bonchev–Trinajstić information content (AvgIpc) is 3.00. The van der Waals surface area contributed by atoms with Crippen molar-refractivity contribution < 1.29 is 0 Å².